The van der Waals surface area contributed by atoms with Gasteiger partial charge in [0.2, 0.25) is 0 Å². The van der Waals surface area contributed by atoms with Crippen LogP contribution in [0, 0.1) is 12.7 Å². The largest absolute Gasteiger partial charge is 0.334 e. The Bertz CT molecular complexity index is 1130. The molecule has 1 aliphatic heterocycles. The highest BCUT2D eigenvalue weighted by Crippen LogP contribution is 2.30. The van der Waals surface area contributed by atoms with E-state index in [-0.39, 0.29) is 17.8 Å². The quantitative estimate of drug-likeness (QED) is 0.562. The summed E-state index contributed by atoms with van der Waals surface area (Å²) < 4.78 is 14.3. The highest BCUT2D eigenvalue weighted by atomic mass is 19.1. The maximum atomic E-state index is 14.3. The minimum Gasteiger partial charge on any atom is -0.334 e. The lowest BCUT2D eigenvalue weighted by atomic mass is 9.91. The average Bonchev–Trinajstić information content (AvgIpc) is 3.22. The van der Waals surface area contributed by atoms with Crippen LogP contribution in [0.2, 0.25) is 0 Å². The number of aryl methyl sites for hydroxylation is 2. The second kappa shape index (κ2) is 8.79. The Morgan fingerprint density at radius 1 is 1.16 bits per heavy atom. The molecule has 0 bridgehead atoms. The second-order valence-electron chi connectivity index (χ2n) is 7.92. The van der Waals surface area contributed by atoms with Crippen molar-refractivity contribution in [3.63, 3.8) is 0 Å². The molecule has 0 saturated carbocycles. The van der Waals surface area contributed by atoms with Gasteiger partial charge < -0.3 is 4.90 Å². The molecule has 0 N–H and O–H groups in total. The Morgan fingerprint density at radius 3 is 2.61 bits per heavy atom. The number of ketones is 1. The number of tetrazole rings is 1. The Kier molecular flexibility index (Phi) is 5.93. The van der Waals surface area contributed by atoms with E-state index >= 15 is 0 Å². The highest BCUT2D eigenvalue weighted by molar-refractivity contribution is 5.98. The van der Waals surface area contributed by atoms with E-state index in [9.17, 15) is 9.18 Å². The molecule has 1 aromatic heterocycles. The van der Waals surface area contributed by atoms with Gasteiger partial charge in [-0.1, -0.05) is 54.0 Å². The van der Waals surface area contributed by atoms with Crippen LogP contribution in [0.25, 0.3) is 5.57 Å². The minimum absolute atomic E-state index is 0.152. The fourth-order valence-electron chi connectivity index (χ4n) is 4.03. The van der Waals surface area contributed by atoms with Crippen LogP contribution in [0.15, 0.2) is 48.0 Å². The van der Waals surface area contributed by atoms with Gasteiger partial charge in [0.1, 0.15) is 5.82 Å². The predicted molar refractivity (Wildman–Crippen MR) is 118 cm³/mol. The third-order valence-corrected chi connectivity index (χ3v) is 5.83. The standard InChI is InChI=1S/C24H26FN5O/c1-4-18-12-13-30(24-26-28-29(3)27-24)15-21(18)19-10-8-17(9-11-19)14-22(31)20-7-5-6-16(2)23(20)25/h5-11H,4,12-15H2,1-3H3. The van der Waals surface area contributed by atoms with E-state index in [1.165, 1.54) is 15.9 Å². The molecular weight excluding hydrogens is 393 g/mol. The lowest BCUT2D eigenvalue weighted by Gasteiger charge is -2.30. The summed E-state index contributed by atoms with van der Waals surface area (Å²) in [5.74, 6) is -0.000636. The van der Waals surface area contributed by atoms with Crippen molar-refractivity contribution in [2.45, 2.75) is 33.1 Å². The van der Waals surface area contributed by atoms with Crippen LogP contribution >= 0.6 is 0 Å². The third-order valence-electron chi connectivity index (χ3n) is 5.83. The molecule has 3 aromatic rings. The summed E-state index contributed by atoms with van der Waals surface area (Å²) in [4.78, 5) is 16.2. The zero-order valence-electron chi connectivity index (χ0n) is 18.1. The van der Waals surface area contributed by atoms with Crippen molar-refractivity contribution in [2.24, 2.45) is 7.05 Å². The molecule has 6 nitrogen and oxygen atoms in total. The highest BCUT2D eigenvalue weighted by Gasteiger charge is 2.22. The van der Waals surface area contributed by atoms with Gasteiger partial charge >= 0.3 is 0 Å². The van der Waals surface area contributed by atoms with E-state index in [4.69, 9.17) is 0 Å². The Hall–Kier alpha value is -3.35. The average molecular weight is 420 g/mol. The van der Waals surface area contributed by atoms with E-state index < -0.39 is 5.82 Å². The summed E-state index contributed by atoms with van der Waals surface area (Å²) in [5, 5.41) is 12.4. The van der Waals surface area contributed by atoms with Crippen LogP contribution in [0.3, 0.4) is 0 Å². The van der Waals surface area contributed by atoms with Crippen LogP contribution in [0.5, 0.6) is 0 Å². The van der Waals surface area contributed by atoms with Crippen LogP contribution in [-0.4, -0.2) is 39.1 Å². The maximum Gasteiger partial charge on any atom is 0.266 e. The summed E-state index contributed by atoms with van der Waals surface area (Å²) in [6.45, 7) is 5.44. The van der Waals surface area contributed by atoms with Gasteiger partial charge in [-0.25, -0.2) is 4.39 Å². The van der Waals surface area contributed by atoms with Crippen molar-refractivity contribution in [1.29, 1.82) is 0 Å². The lowest BCUT2D eigenvalue weighted by molar-refractivity contribution is 0.0989. The van der Waals surface area contributed by atoms with Gasteiger partial charge in [0.05, 0.1) is 12.6 Å². The number of carbonyl (C=O) groups excluding carboxylic acids is 1. The van der Waals surface area contributed by atoms with Crippen LogP contribution in [0.4, 0.5) is 10.3 Å². The van der Waals surface area contributed by atoms with Gasteiger partial charge in [-0.05, 0) is 53.3 Å². The summed E-state index contributed by atoms with van der Waals surface area (Å²) in [6.07, 6.45) is 2.12. The van der Waals surface area contributed by atoms with Crippen LogP contribution in [0.1, 0.15) is 46.8 Å². The lowest BCUT2D eigenvalue weighted by Crippen LogP contribution is -2.32. The number of nitrogens with zero attached hydrogens (tertiary/aromatic N) is 5. The van der Waals surface area contributed by atoms with E-state index in [0.29, 0.717) is 11.5 Å². The number of hydrogen-bond acceptors (Lipinski definition) is 5. The summed E-state index contributed by atoms with van der Waals surface area (Å²) in [6, 6.07) is 13.0. The number of Topliss-reactive ketones (excluding diaryl/α,β-unsaturated/α-hetero) is 1. The molecule has 0 amide bonds. The molecule has 0 atom stereocenters. The number of benzene rings is 2. The maximum absolute atomic E-state index is 14.3. The zero-order valence-corrected chi connectivity index (χ0v) is 18.1. The van der Waals surface area contributed by atoms with E-state index in [2.05, 4.69) is 27.2 Å². The Labute approximate surface area is 181 Å². The summed E-state index contributed by atoms with van der Waals surface area (Å²) in [5.41, 5.74) is 5.33. The molecule has 0 aliphatic carbocycles. The molecular formula is C24H26FN5O. The van der Waals surface area contributed by atoms with E-state index in [0.717, 1.165) is 37.1 Å². The van der Waals surface area contributed by atoms with Crippen molar-refractivity contribution < 1.29 is 9.18 Å². The predicted octanol–water partition coefficient (Wildman–Crippen LogP) is 4.16. The van der Waals surface area contributed by atoms with Gasteiger partial charge in [0, 0.05) is 19.5 Å². The first kappa shape index (κ1) is 20.9. The monoisotopic (exact) mass is 419 g/mol. The molecule has 160 valence electrons. The van der Waals surface area contributed by atoms with E-state index in [1.54, 1.807) is 32.2 Å². The molecule has 0 spiro atoms. The summed E-state index contributed by atoms with van der Waals surface area (Å²) in [7, 11) is 1.76. The first-order valence-corrected chi connectivity index (χ1v) is 10.5. The molecule has 0 fully saturated rings. The number of rotatable bonds is 6. The van der Waals surface area contributed by atoms with Crippen molar-refractivity contribution in [2.75, 3.05) is 18.0 Å². The van der Waals surface area contributed by atoms with E-state index in [1.807, 2.05) is 24.3 Å². The second-order valence-corrected chi connectivity index (χ2v) is 7.92. The smallest absolute Gasteiger partial charge is 0.266 e. The Morgan fingerprint density at radius 2 is 1.94 bits per heavy atom. The van der Waals surface area contributed by atoms with Gasteiger partial charge in [0.15, 0.2) is 5.78 Å². The summed E-state index contributed by atoms with van der Waals surface area (Å²) >= 11 is 0. The van der Waals surface area contributed by atoms with Crippen molar-refractivity contribution in [3.05, 3.63) is 76.1 Å². The number of carbonyl (C=O) groups is 1. The van der Waals surface area contributed by atoms with Crippen molar-refractivity contribution >= 4 is 17.3 Å². The third kappa shape index (κ3) is 4.40. The van der Waals surface area contributed by atoms with Crippen LogP contribution in [-0.2, 0) is 13.5 Å². The van der Waals surface area contributed by atoms with Gasteiger partial charge in [-0.15, -0.1) is 5.10 Å². The normalized spacial score (nSPS) is 14.3. The molecule has 1 aliphatic rings. The molecule has 4 rings (SSSR count). The number of anilines is 1. The number of halogens is 1. The molecule has 0 unspecified atom stereocenters. The molecule has 2 heterocycles. The fourth-order valence-corrected chi connectivity index (χ4v) is 4.03. The Balaban J connectivity index is 1.53. The fraction of sp³-hybridized carbons (Fsp3) is 0.333. The molecule has 31 heavy (non-hydrogen) atoms. The van der Waals surface area contributed by atoms with Crippen LogP contribution < -0.4 is 4.90 Å². The van der Waals surface area contributed by atoms with Crippen molar-refractivity contribution in [1.82, 2.24) is 20.2 Å². The van der Waals surface area contributed by atoms with Gasteiger partial charge in [-0.2, -0.15) is 4.80 Å². The number of aromatic nitrogens is 4. The van der Waals surface area contributed by atoms with Crippen molar-refractivity contribution in [3.8, 4) is 0 Å². The molecule has 7 heteroatoms. The first-order valence-electron chi connectivity index (χ1n) is 10.5. The first-order chi connectivity index (χ1) is 15.0. The SMILES string of the molecule is CCC1=C(c2ccc(CC(=O)c3cccc(C)c3F)cc2)CN(c2nnn(C)n2)CC1. The minimum atomic E-state index is -0.429. The molecule has 2 aromatic carbocycles. The van der Waals surface area contributed by atoms with Gasteiger partial charge in [0.25, 0.3) is 5.95 Å². The molecule has 0 saturated heterocycles. The van der Waals surface area contributed by atoms with Gasteiger partial charge in [-0.3, -0.25) is 4.79 Å². The number of hydrogen-bond donors (Lipinski definition) is 0. The zero-order chi connectivity index (χ0) is 22.0. The topological polar surface area (TPSA) is 63.9 Å². The molecule has 0 radical (unpaired) electrons.